The Morgan fingerprint density at radius 2 is 1.96 bits per heavy atom. The van der Waals surface area contributed by atoms with Gasteiger partial charge < -0.3 is 20.5 Å². The molecule has 0 aromatic heterocycles. The highest BCUT2D eigenvalue weighted by atomic mass is 127. The predicted octanol–water partition coefficient (Wildman–Crippen LogP) is 3.55. The summed E-state index contributed by atoms with van der Waals surface area (Å²) in [4.78, 5) is 4.21. The Bertz CT molecular complexity index is 810. The third kappa shape index (κ3) is 5.03. The van der Waals surface area contributed by atoms with Crippen molar-refractivity contribution in [3.05, 3.63) is 59.4 Å². The third-order valence-corrected chi connectivity index (χ3v) is 4.85. The van der Waals surface area contributed by atoms with Gasteiger partial charge in [0.2, 0.25) is 0 Å². The van der Waals surface area contributed by atoms with Crippen molar-refractivity contribution in [3.8, 4) is 11.5 Å². The Morgan fingerprint density at radius 1 is 1.22 bits per heavy atom. The minimum absolute atomic E-state index is 0. The van der Waals surface area contributed by atoms with Crippen LogP contribution in [0.5, 0.6) is 11.5 Å². The Labute approximate surface area is 176 Å². The molecule has 0 saturated heterocycles. The number of nitrogens with one attached hydrogen (secondary N) is 2. The molecule has 3 N–H and O–H groups in total. The van der Waals surface area contributed by atoms with Crippen molar-refractivity contribution in [1.82, 2.24) is 10.6 Å². The van der Waals surface area contributed by atoms with Gasteiger partial charge in [0.25, 0.3) is 0 Å². The predicted molar refractivity (Wildman–Crippen MR) is 116 cm³/mol. The van der Waals surface area contributed by atoms with E-state index in [0.717, 1.165) is 18.4 Å². The molecular weight excluding hydrogens is 460 g/mol. The van der Waals surface area contributed by atoms with Gasteiger partial charge in [-0.1, -0.05) is 18.2 Å². The zero-order valence-corrected chi connectivity index (χ0v) is 17.8. The molecule has 0 bridgehead atoms. The van der Waals surface area contributed by atoms with Gasteiger partial charge >= 0.3 is 0 Å². The summed E-state index contributed by atoms with van der Waals surface area (Å²) >= 11 is 0. The number of hydrogen-bond donors (Lipinski definition) is 3. The van der Waals surface area contributed by atoms with E-state index in [-0.39, 0.29) is 41.0 Å². The molecule has 5 nitrogen and oxygen atoms in total. The monoisotopic (exact) mass is 485 g/mol. The molecule has 1 saturated carbocycles. The van der Waals surface area contributed by atoms with Gasteiger partial charge in [-0.25, -0.2) is 4.39 Å². The molecule has 2 aromatic rings. The highest BCUT2D eigenvalue weighted by Crippen LogP contribution is 2.48. The van der Waals surface area contributed by atoms with Gasteiger partial charge in [0, 0.05) is 31.1 Å². The zero-order chi connectivity index (χ0) is 18.6. The molecule has 0 aliphatic heterocycles. The second-order valence-electron chi connectivity index (χ2n) is 6.53. The summed E-state index contributed by atoms with van der Waals surface area (Å²) < 4.78 is 19.3. The zero-order valence-electron chi connectivity index (χ0n) is 15.5. The topological polar surface area (TPSA) is 65.9 Å². The Morgan fingerprint density at radius 3 is 2.59 bits per heavy atom. The maximum absolute atomic E-state index is 14.1. The van der Waals surface area contributed by atoms with Crippen LogP contribution in [-0.4, -0.2) is 31.8 Å². The summed E-state index contributed by atoms with van der Waals surface area (Å²) in [7, 11) is 3.27. The first-order chi connectivity index (χ1) is 12.6. The maximum Gasteiger partial charge on any atom is 0.191 e. The van der Waals surface area contributed by atoms with Crippen LogP contribution in [0.15, 0.2) is 47.5 Å². The molecule has 1 aliphatic rings. The summed E-state index contributed by atoms with van der Waals surface area (Å²) in [6.07, 6.45) is 1.91. The average Bonchev–Trinajstić information content (AvgIpc) is 3.44. The maximum atomic E-state index is 14.1. The van der Waals surface area contributed by atoms with Crippen molar-refractivity contribution in [2.24, 2.45) is 4.99 Å². The molecular formula is C20H25FIN3O2. The number of rotatable bonds is 6. The second kappa shape index (κ2) is 9.25. The summed E-state index contributed by atoms with van der Waals surface area (Å²) in [6, 6.07) is 12.0. The standard InChI is InChI=1S/C20H24FN3O2.HI/c1-22-19(23-12-14-11-15(26-2)7-8-18(14)25)24-13-20(9-10-20)16-5-3-4-6-17(16)21;/h3-8,11,25H,9-10,12-13H2,1-2H3,(H2,22,23,24);1H. The summed E-state index contributed by atoms with van der Waals surface area (Å²) in [5, 5.41) is 16.4. The molecule has 0 heterocycles. The molecule has 27 heavy (non-hydrogen) atoms. The molecule has 2 aromatic carbocycles. The van der Waals surface area contributed by atoms with E-state index >= 15 is 0 Å². The average molecular weight is 485 g/mol. The van der Waals surface area contributed by atoms with Crippen molar-refractivity contribution < 1.29 is 14.2 Å². The van der Waals surface area contributed by atoms with Gasteiger partial charge in [0.15, 0.2) is 5.96 Å². The molecule has 0 unspecified atom stereocenters. The van der Waals surface area contributed by atoms with E-state index in [4.69, 9.17) is 4.74 Å². The SMILES string of the molecule is CN=C(NCc1cc(OC)ccc1O)NCC1(c2ccccc2F)CC1.I. The van der Waals surface area contributed by atoms with Gasteiger partial charge in [-0.15, -0.1) is 24.0 Å². The lowest BCUT2D eigenvalue weighted by Crippen LogP contribution is -2.41. The minimum atomic E-state index is -0.166. The molecule has 146 valence electrons. The highest BCUT2D eigenvalue weighted by Gasteiger charge is 2.45. The van der Waals surface area contributed by atoms with Crippen LogP contribution in [0.1, 0.15) is 24.0 Å². The lowest BCUT2D eigenvalue weighted by atomic mass is 9.95. The Balaban J connectivity index is 0.00000261. The molecule has 1 aliphatic carbocycles. The highest BCUT2D eigenvalue weighted by molar-refractivity contribution is 14.0. The van der Waals surface area contributed by atoms with Crippen LogP contribution in [0.2, 0.25) is 0 Å². The summed E-state index contributed by atoms with van der Waals surface area (Å²) in [6.45, 7) is 1.01. The third-order valence-electron chi connectivity index (χ3n) is 4.85. The van der Waals surface area contributed by atoms with Crippen LogP contribution >= 0.6 is 24.0 Å². The van der Waals surface area contributed by atoms with Crippen LogP contribution in [0.3, 0.4) is 0 Å². The number of guanidine groups is 1. The van der Waals surface area contributed by atoms with Crippen LogP contribution in [-0.2, 0) is 12.0 Å². The van der Waals surface area contributed by atoms with Crippen LogP contribution in [0.25, 0.3) is 0 Å². The lowest BCUT2D eigenvalue weighted by Gasteiger charge is -2.20. The van der Waals surface area contributed by atoms with Crippen molar-refractivity contribution in [1.29, 1.82) is 0 Å². The number of benzene rings is 2. The Kier molecular flexibility index (Phi) is 7.29. The number of phenols is 1. The Hall–Kier alpha value is -2.03. The largest absolute Gasteiger partial charge is 0.508 e. The van der Waals surface area contributed by atoms with E-state index in [1.165, 1.54) is 6.07 Å². The quantitative estimate of drug-likeness (QED) is 0.333. The number of halogens is 2. The van der Waals surface area contributed by atoms with Gasteiger partial charge in [-0.05, 0) is 42.7 Å². The van der Waals surface area contributed by atoms with Gasteiger partial charge in [0.05, 0.1) is 7.11 Å². The van der Waals surface area contributed by atoms with E-state index in [0.29, 0.717) is 30.4 Å². The fraction of sp³-hybridized carbons (Fsp3) is 0.350. The smallest absolute Gasteiger partial charge is 0.191 e. The molecule has 1 fully saturated rings. The number of nitrogens with zero attached hydrogens (tertiary/aromatic N) is 1. The number of aliphatic imine (C=N–C) groups is 1. The fourth-order valence-corrected chi connectivity index (χ4v) is 3.07. The second-order valence-corrected chi connectivity index (χ2v) is 6.53. The number of aromatic hydroxyl groups is 1. The lowest BCUT2D eigenvalue weighted by molar-refractivity contribution is 0.410. The molecule has 7 heteroatoms. The van der Waals surface area contributed by atoms with Crippen molar-refractivity contribution in [2.45, 2.75) is 24.8 Å². The van der Waals surface area contributed by atoms with Gasteiger partial charge in [-0.2, -0.15) is 0 Å². The molecule has 0 spiro atoms. The molecule has 0 atom stereocenters. The van der Waals surface area contributed by atoms with E-state index in [9.17, 15) is 9.50 Å². The van der Waals surface area contributed by atoms with Gasteiger partial charge in [-0.3, -0.25) is 4.99 Å². The van der Waals surface area contributed by atoms with Crippen molar-refractivity contribution >= 4 is 29.9 Å². The van der Waals surface area contributed by atoms with Crippen molar-refractivity contribution in [3.63, 3.8) is 0 Å². The molecule has 3 rings (SSSR count). The van der Waals surface area contributed by atoms with E-state index in [2.05, 4.69) is 15.6 Å². The minimum Gasteiger partial charge on any atom is -0.508 e. The van der Waals surface area contributed by atoms with E-state index in [1.807, 2.05) is 12.1 Å². The molecule has 0 amide bonds. The van der Waals surface area contributed by atoms with Crippen molar-refractivity contribution in [2.75, 3.05) is 20.7 Å². The number of ether oxygens (including phenoxy) is 1. The van der Waals surface area contributed by atoms with Crippen LogP contribution in [0.4, 0.5) is 4.39 Å². The van der Waals surface area contributed by atoms with Crippen LogP contribution < -0.4 is 15.4 Å². The fourth-order valence-electron chi connectivity index (χ4n) is 3.07. The van der Waals surface area contributed by atoms with Gasteiger partial charge in [0.1, 0.15) is 17.3 Å². The van der Waals surface area contributed by atoms with E-state index in [1.54, 1.807) is 38.4 Å². The first-order valence-electron chi connectivity index (χ1n) is 8.63. The molecule has 0 radical (unpaired) electrons. The first kappa shape index (κ1) is 21.3. The number of methoxy groups -OCH3 is 1. The number of phenolic OH excluding ortho intramolecular Hbond substituents is 1. The summed E-state index contributed by atoms with van der Waals surface area (Å²) in [5.41, 5.74) is 1.30. The van der Waals surface area contributed by atoms with Crippen LogP contribution in [0, 0.1) is 5.82 Å². The summed E-state index contributed by atoms with van der Waals surface area (Å²) in [5.74, 6) is 1.32. The number of hydrogen-bond acceptors (Lipinski definition) is 3. The normalized spacial score (nSPS) is 14.9. The first-order valence-corrected chi connectivity index (χ1v) is 8.63. The van der Waals surface area contributed by atoms with E-state index < -0.39 is 0 Å².